The van der Waals surface area contributed by atoms with Crippen molar-refractivity contribution in [3.8, 4) is 11.1 Å². The third-order valence-corrected chi connectivity index (χ3v) is 18.9. The van der Waals surface area contributed by atoms with Gasteiger partial charge in [-0.2, -0.15) is 0 Å². The Morgan fingerprint density at radius 2 is 1.18 bits per heavy atom. The second kappa shape index (κ2) is 25.3. The molecule has 386 valence electrons. The fourth-order valence-corrected chi connectivity index (χ4v) is 10.5. The average Bonchev–Trinajstić information content (AvgIpc) is 3.68. The first-order chi connectivity index (χ1) is 34.4. The standard InChI is InChI=1S/C53H61Cl3NO13PSi/c1-52(2,3)72(4,5)67-30-29-62-49-46(57-50(58)64-36-53(54,55)56)48(69-51(59)63-34-44-42-27-17-15-25-40(42)41-26-16-18-28-43(41)44)47(45(68-49)35-61-31-37-19-9-6-10-20-37)70-71(60,65-32-38-21-11-7-12-22-38)66-33-39-23-13-8-14-24-39/h6-28,44-49H,29-36H2,1-5H3,(H,57,58)/t45-,46-,47-,48-,49+/m1/s1. The number of rotatable bonds is 22. The number of ether oxygens (including phenoxy) is 6. The molecule has 5 aromatic rings. The molecule has 0 bridgehead atoms. The van der Waals surface area contributed by atoms with E-state index in [4.69, 9.17) is 81.2 Å². The number of alkyl carbamates (subject to hydrolysis) is 1. The summed E-state index contributed by atoms with van der Waals surface area (Å²) >= 11 is 18.0. The summed E-state index contributed by atoms with van der Waals surface area (Å²) in [6, 6.07) is 41.7. The quantitative estimate of drug-likeness (QED) is 0.0230. The Hall–Kier alpha value is -4.32. The molecule has 1 saturated heterocycles. The van der Waals surface area contributed by atoms with Crippen LogP contribution < -0.4 is 5.32 Å². The van der Waals surface area contributed by atoms with Crippen LogP contribution in [-0.4, -0.2) is 88.0 Å². The van der Waals surface area contributed by atoms with Crippen molar-refractivity contribution in [1.82, 2.24) is 5.32 Å². The van der Waals surface area contributed by atoms with Crippen LogP contribution in [0.2, 0.25) is 18.1 Å². The second-order valence-electron chi connectivity index (χ2n) is 18.8. The van der Waals surface area contributed by atoms with Crippen molar-refractivity contribution in [2.75, 3.05) is 33.0 Å². The van der Waals surface area contributed by atoms with Gasteiger partial charge >= 0.3 is 20.1 Å². The predicted molar refractivity (Wildman–Crippen MR) is 277 cm³/mol. The van der Waals surface area contributed by atoms with Gasteiger partial charge in [-0.05, 0) is 57.1 Å². The molecule has 0 unspecified atom stereocenters. The number of amides is 1. The van der Waals surface area contributed by atoms with Gasteiger partial charge in [0.05, 0.1) is 39.6 Å². The molecule has 0 radical (unpaired) electrons. The zero-order valence-electron chi connectivity index (χ0n) is 40.8. The maximum absolute atomic E-state index is 15.3. The van der Waals surface area contributed by atoms with Gasteiger partial charge in [-0.15, -0.1) is 0 Å². The highest BCUT2D eigenvalue weighted by atomic mass is 35.6. The number of phosphoric ester groups is 1. The maximum Gasteiger partial charge on any atom is 0.508 e. The molecule has 14 nitrogen and oxygen atoms in total. The lowest BCUT2D eigenvalue weighted by molar-refractivity contribution is -0.272. The number of alkyl halides is 3. The minimum atomic E-state index is -4.73. The average molecular weight is 1090 g/mol. The molecule has 19 heteroatoms. The molecule has 1 heterocycles. The van der Waals surface area contributed by atoms with Crippen LogP contribution in [0.1, 0.15) is 54.5 Å². The normalized spacial score (nSPS) is 19.2. The number of nitrogens with one attached hydrogen (secondary N) is 1. The van der Waals surface area contributed by atoms with Crippen molar-refractivity contribution < 1.29 is 60.6 Å². The van der Waals surface area contributed by atoms with E-state index in [0.29, 0.717) is 11.1 Å². The smallest absolute Gasteiger partial charge is 0.445 e. The van der Waals surface area contributed by atoms with Gasteiger partial charge in [-0.1, -0.05) is 195 Å². The molecule has 72 heavy (non-hydrogen) atoms. The number of hydrogen-bond donors (Lipinski definition) is 1. The van der Waals surface area contributed by atoms with Crippen LogP contribution in [0.3, 0.4) is 0 Å². The van der Waals surface area contributed by atoms with Crippen LogP contribution in [0.4, 0.5) is 9.59 Å². The Labute approximate surface area is 437 Å². The Kier molecular flexibility index (Phi) is 19.5. The van der Waals surface area contributed by atoms with Crippen LogP contribution in [0.15, 0.2) is 140 Å². The molecule has 1 fully saturated rings. The fraction of sp³-hybridized carbons (Fsp3) is 0.396. The van der Waals surface area contributed by atoms with E-state index in [2.05, 4.69) is 39.2 Å². The Bertz CT molecular complexity index is 2480. The van der Waals surface area contributed by atoms with Crippen LogP contribution in [0.25, 0.3) is 11.1 Å². The van der Waals surface area contributed by atoms with E-state index in [-0.39, 0.29) is 57.2 Å². The summed E-state index contributed by atoms with van der Waals surface area (Å²) < 4.78 is 75.5. The summed E-state index contributed by atoms with van der Waals surface area (Å²) in [7, 11) is -6.99. The zero-order valence-corrected chi connectivity index (χ0v) is 45.0. The van der Waals surface area contributed by atoms with E-state index < -0.39 is 69.4 Å². The summed E-state index contributed by atoms with van der Waals surface area (Å²) in [6.45, 7) is 9.32. The Morgan fingerprint density at radius 1 is 0.667 bits per heavy atom. The summed E-state index contributed by atoms with van der Waals surface area (Å²) in [5.74, 6) is -0.341. The number of carbonyl (C=O) groups excluding carboxylic acids is 2. The molecule has 1 aliphatic carbocycles. The summed E-state index contributed by atoms with van der Waals surface area (Å²) in [5.41, 5.74) is 6.11. The first-order valence-electron chi connectivity index (χ1n) is 23.6. The minimum Gasteiger partial charge on any atom is -0.445 e. The maximum atomic E-state index is 15.3. The van der Waals surface area contributed by atoms with Gasteiger partial charge in [0.15, 0.2) is 20.7 Å². The molecular weight excluding hydrogens is 1020 g/mol. The zero-order chi connectivity index (χ0) is 51.4. The number of fused-ring (bicyclic) bond motifs is 3. The van der Waals surface area contributed by atoms with Crippen molar-refractivity contribution in [3.63, 3.8) is 0 Å². The van der Waals surface area contributed by atoms with E-state index >= 15 is 4.57 Å². The van der Waals surface area contributed by atoms with Gasteiger partial charge < -0.3 is 38.2 Å². The highest BCUT2D eigenvalue weighted by Crippen LogP contribution is 2.54. The number of carbonyl (C=O) groups is 2. The molecule has 7 rings (SSSR count). The number of halogens is 3. The van der Waals surface area contributed by atoms with E-state index in [9.17, 15) is 9.59 Å². The molecular formula is C53H61Cl3NO13PSi. The lowest BCUT2D eigenvalue weighted by Crippen LogP contribution is -2.66. The highest BCUT2D eigenvalue weighted by molar-refractivity contribution is 7.48. The minimum absolute atomic E-state index is 0.0434. The molecule has 1 aliphatic heterocycles. The monoisotopic (exact) mass is 1080 g/mol. The molecule has 2 aliphatic rings. The molecule has 0 aromatic heterocycles. The van der Waals surface area contributed by atoms with Crippen LogP contribution in [-0.2, 0) is 70.8 Å². The van der Waals surface area contributed by atoms with Gasteiger partial charge in [-0.25, -0.2) is 14.2 Å². The van der Waals surface area contributed by atoms with Crippen molar-refractivity contribution in [2.24, 2.45) is 0 Å². The van der Waals surface area contributed by atoms with E-state index in [1.54, 1.807) is 48.5 Å². The van der Waals surface area contributed by atoms with E-state index in [1.165, 1.54) is 0 Å². The van der Waals surface area contributed by atoms with Gasteiger partial charge in [0.25, 0.3) is 0 Å². The fourth-order valence-electron chi connectivity index (χ4n) is 7.91. The Balaban J connectivity index is 1.26. The number of phosphoric acid groups is 1. The predicted octanol–water partition coefficient (Wildman–Crippen LogP) is 12.7. The van der Waals surface area contributed by atoms with E-state index in [0.717, 1.165) is 27.8 Å². The third kappa shape index (κ3) is 15.6. The highest BCUT2D eigenvalue weighted by Gasteiger charge is 2.54. The van der Waals surface area contributed by atoms with Crippen molar-refractivity contribution >= 4 is 63.2 Å². The Morgan fingerprint density at radius 3 is 1.71 bits per heavy atom. The van der Waals surface area contributed by atoms with Crippen molar-refractivity contribution in [2.45, 2.75) is 99.1 Å². The van der Waals surface area contributed by atoms with Gasteiger partial charge in [0.1, 0.15) is 31.5 Å². The third-order valence-electron chi connectivity index (χ3n) is 12.6. The second-order valence-corrected chi connectivity index (χ2v) is 27.7. The summed E-state index contributed by atoms with van der Waals surface area (Å²) in [4.78, 5) is 28.2. The topological polar surface area (TPSA) is 156 Å². The first-order valence-corrected chi connectivity index (χ1v) is 29.1. The van der Waals surface area contributed by atoms with Gasteiger partial charge in [0.2, 0.25) is 3.79 Å². The van der Waals surface area contributed by atoms with Crippen LogP contribution >= 0.6 is 42.6 Å². The lowest BCUT2D eigenvalue weighted by atomic mass is 9.96. The summed E-state index contributed by atoms with van der Waals surface area (Å²) in [6.07, 6.45) is -8.20. The van der Waals surface area contributed by atoms with Gasteiger partial charge in [0, 0.05) is 5.92 Å². The van der Waals surface area contributed by atoms with Crippen molar-refractivity contribution in [3.05, 3.63) is 167 Å². The summed E-state index contributed by atoms with van der Waals surface area (Å²) in [5, 5.41) is 2.58. The number of benzene rings is 5. The largest absolute Gasteiger partial charge is 0.508 e. The lowest BCUT2D eigenvalue weighted by Gasteiger charge is -2.45. The van der Waals surface area contributed by atoms with Gasteiger partial charge in [-0.3, -0.25) is 13.6 Å². The molecule has 0 spiro atoms. The SMILES string of the molecule is CC(C)(C)[Si](C)(C)OCCO[C@H]1O[C@H](COCc2ccccc2)[C@@H](OP(=O)(OCc2ccccc2)OCc2ccccc2)[C@H](OC(=O)OCC2c3ccccc3-c3ccccc32)[C@H]1NC(=O)OCC(Cl)(Cl)Cl. The molecule has 5 aromatic carbocycles. The first kappa shape index (κ1) is 55.4. The van der Waals surface area contributed by atoms with Crippen LogP contribution in [0.5, 0.6) is 0 Å². The number of hydrogen-bond acceptors (Lipinski definition) is 13. The van der Waals surface area contributed by atoms with E-state index in [1.807, 2.05) is 91.0 Å². The molecule has 5 atom stereocenters. The molecule has 1 N–H and O–H groups in total. The molecule has 1 amide bonds. The molecule has 0 saturated carbocycles. The van der Waals surface area contributed by atoms with Crippen LogP contribution in [0, 0.1) is 0 Å². The van der Waals surface area contributed by atoms with Crippen molar-refractivity contribution in [1.29, 1.82) is 0 Å².